The Kier molecular flexibility index (Phi) is 4.31. The number of fused-ring (bicyclic) bond motifs is 1. The van der Waals surface area contributed by atoms with Crippen molar-refractivity contribution >= 4 is 27.6 Å². The van der Waals surface area contributed by atoms with E-state index in [0.29, 0.717) is 6.42 Å². The lowest BCUT2D eigenvalue weighted by atomic mass is 10.0. The van der Waals surface area contributed by atoms with E-state index in [1.807, 2.05) is 0 Å². The standard InChI is InChI=1S/C14H17FN2O3S2/c15-9-1-2-13-11(7-9)12(3-5-21-13)17-14(18)16-10-4-6-22(19,20)8-10/h1-2,7,10,12H,3-6,8H2,(H2,16,17,18)/t10-,12+/m1/s1. The van der Waals surface area contributed by atoms with E-state index >= 15 is 0 Å². The van der Waals surface area contributed by atoms with Gasteiger partial charge in [0.2, 0.25) is 0 Å². The van der Waals surface area contributed by atoms with E-state index in [9.17, 15) is 17.6 Å². The smallest absolute Gasteiger partial charge is 0.315 e. The molecule has 22 heavy (non-hydrogen) atoms. The number of sulfone groups is 1. The van der Waals surface area contributed by atoms with Gasteiger partial charge in [0, 0.05) is 16.7 Å². The quantitative estimate of drug-likeness (QED) is 0.859. The second-order valence-corrected chi connectivity index (χ2v) is 8.96. The molecule has 0 aromatic heterocycles. The van der Waals surface area contributed by atoms with Gasteiger partial charge in [0.1, 0.15) is 5.82 Å². The molecule has 0 aliphatic carbocycles. The van der Waals surface area contributed by atoms with Crippen molar-refractivity contribution in [3.8, 4) is 0 Å². The first-order valence-corrected chi connectivity index (χ1v) is 9.93. The minimum absolute atomic E-state index is 0.00778. The van der Waals surface area contributed by atoms with Crippen molar-refractivity contribution in [2.75, 3.05) is 17.3 Å². The monoisotopic (exact) mass is 344 g/mol. The van der Waals surface area contributed by atoms with Gasteiger partial charge in [0.15, 0.2) is 9.84 Å². The Balaban J connectivity index is 1.64. The highest BCUT2D eigenvalue weighted by molar-refractivity contribution is 7.99. The molecule has 3 rings (SSSR count). The lowest BCUT2D eigenvalue weighted by molar-refractivity contribution is 0.233. The van der Waals surface area contributed by atoms with Crippen molar-refractivity contribution in [2.45, 2.75) is 29.8 Å². The van der Waals surface area contributed by atoms with Crippen LogP contribution in [0.1, 0.15) is 24.4 Å². The molecule has 5 nitrogen and oxygen atoms in total. The highest BCUT2D eigenvalue weighted by atomic mass is 32.2. The van der Waals surface area contributed by atoms with E-state index in [2.05, 4.69) is 10.6 Å². The van der Waals surface area contributed by atoms with E-state index in [1.54, 1.807) is 17.8 Å². The lowest BCUT2D eigenvalue weighted by Gasteiger charge is -2.26. The number of carbonyl (C=O) groups is 1. The molecule has 0 radical (unpaired) electrons. The largest absolute Gasteiger partial charge is 0.334 e. The summed E-state index contributed by atoms with van der Waals surface area (Å²) in [5, 5.41) is 5.53. The van der Waals surface area contributed by atoms with Crippen LogP contribution >= 0.6 is 11.8 Å². The van der Waals surface area contributed by atoms with Crippen LogP contribution in [0.4, 0.5) is 9.18 Å². The van der Waals surface area contributed by atoms with Gasteiger partial charge in [0.25, 0.3) is 0 Å². The summed E-state index contributed by atoms with van der Waals surface area (Å²) in [6.45, 7) is 0. The van der Waals surface area contributed by atoms with Crippen LogP contribution in [0.5, 0.6) is 0 Å². The predicted molar refractivity (Wildman–Crippen MR) is 83.2 cm³/mol. The number of nitrogens with one attached hydrogen (secondary N) is 2. The van der Waals surface area contributed by atoms with E-state index in [4.69, 9.17) is 0 Å². The number of rotatable bonds is 2. The molecule has 2 heterocycles. The van der Waals surface area contributed by atoms with Crippen LogP contribution in [-0.4, -0.2) is 37.7 Å². The number of amides is 2. The van der Waals surface area contributed by atoms with Gasteiger partial charge < -0.3 is 10.6 Å². The minimum atomic E-state index is -3.02. The number of halogens is 1. The minimum Gasteiger partial charge on any atom is -0.334 e. The average molecular weight is 344 g/mol. The summed E-state index contributed by atoms with van der Waals surface area (Å²) in [6.07, 6.45) is 1.17. The normalized spacial score (nSPS) is 26.2. The molecule has 120 valence electrons. The molecule has 2 aliphatic heterocycles. The van der Waals surface area contributed by atoms with Crippen LogP contribution in [0, 0.1) is 5.82 Å². The Hall–Kier alpha value is -1.28. The molecule has 2 aliphatic rings. The Labute approximate surface area is 133 Å². The molecule has 0 saturated carbocycles. The summed E-state index contributed by atoms with van der Waals surface area (Å²) in [5.74, 6) is 0.634. The molecule has 2 atom stereocenters. The van der Waals surface area contributed by atoms with Crippen LogP contribution in [0.25, 0.3) is 0 Å². The van der Waals surface area contributed by atoms with Gasteiger partial charge >= 0.3 is 6.03 Å². The fraction of sp³-hybridized carbons (Fsp3) is 0.500. The SMILES string of the molecule is O=C(N[C@@H]1CCS(=O)(=O)C1)N[C@H]1CCSc2ccc(F)cc21. The third-order valence-corrected chi connectivity index (χ3v) is 6.77. The van der Waals surface area contributed by atoms with Crippen molar-refractivity contribution in [1.82, 2.24) is 10.6 Å². The first-order chi connectivity index (χ1) is 10.4. The van der Waals surface area contributed by atoms with Gasteiger partial charge in [-0.15, -0.1) is 11.8 Å². The van der Waals surface area contributed by atoms with Crippen molar-refractivity contribution in [1.29, 1.82) is 0 Å². The molecule has 2 N–H and O–H groups in total. The number of hydrogen-bond donors (Lipinski definition) is 2. The molecule has 1 aromatic carbocycles. The molecule has 8 heteroatoms. The fourth-order valence-corrected chi connectivity index (χ4v) is 5.59. The Morgan fingerprint density at radius 3 is 2.82 bits per heavy atom. The van der Waals surface area contributed by atoms with E-state index in [0.717, 1.165) is 22.6 Å². The van der Waals surface area contributed by atoms with E-state index in [-0.39, 0.29) is 29.4 Å². The zero-order chi connectivity index (χ0) is 15.7. The molecule has 2 amide bonds. The number of benzene rings is 1. The summed E-state index contributed by atoms with van der Waals surface area (Å²) >= 11 is 1.64. The molecule has 0 spiro atoms. The van der Waals surface area contributed by atoms with Gasteiger partial charge in [-0.05, 0) is 36.6 Å². The van der Waals surface area contributed by atoms with Crippen LogP contribution in [0.2, 0.25) is 0 Å². The van der Waals surface area contributed by atoms with Crippen molar-refractivity contribution in [3.05, 3.63) is 29.6 Å². The Morgan fingerprint density at radius 2 is 2.09 bits per heavy atom. The van der Waals surface area contributed by atoms with Crippen molar-refractivity contribution in [3.63, 3.8) is 0 Å². The summed E-state index contributed by atoms with van der Waals surface area (Å²) in [6, 6.07) is 3.61. The van der Waals surface area contributed by atoms with Gasteiger partial charge in [-0.2, -0.15) is 0 Å². The maximum Gasteiger partial charge on any atom is 0.315 e. The first-order valence-electron chi connectivity index (χ1n) is 7.13. The lowest BCUT2D eigenvalue weighted by Crippen LogP contribution is -2.44. The van der Waals surface area contributed by atoms with E-state index in [1.165, 1.54) is 12.1 Å². The maximum atomic E-state index is 13.4. The van der Waals surface area contributed by atoms with Crippen LogP contribution in [0.15, 0.2) is 23.1 Å². The zero-order valence-corrected chi connectivity index (χ0v) is 13.5. The predicted octanol–water partition coefficient (Wildman–Crippen LogP) is 1.85. The van der Waals surface area contributed by atoms with Gasteiger partial charge in [-0.1, -0.05) is 0 Å². The second kappa shape index (κ2) is 6.08. The molecule has 0 unspecified atom stereocenters. The number of hydrogen-bond acceptors (Lipinski definition) is 4. The molecular formula is C14H17FN2O3S2. The summed E-state index contributed by atoms with van der Waals surface area (Å²) in [5.41, 5.74) is 0.783. The van der Waals surface area contributed by atoms with E-state index < -0.39 is 15.9 Å². The maximum absolute atomic E-state index is 13.4. The average Bonchev–Trinajstić information content (AvgIpc) is 2.78. The molecule has 1 saturated heterocycles. The molecule has 0 bridgehead atoms. The van der Waals surface area contributed by atoms with Gasteiger partial charge in [-0.25, -0.2) is 17.6 Å². The number of thioether (sulfide) groups is 1. The summed E-state index contributed by atoms with van der Waals surface area (Å²) in [4.78, 5) is 13.0. The third kappa shape index (κ3) is 3.55. The van der Waals surface area contributed by atoms with Crippen molar-refractivity contribution in [2.24, 2.45) is 0 Å². The number of urea groups is 1. The zero-order valence-electron chi connectivity index (χ0n) is 11.8. The fourth-order valence-electron chi connectivity index (χ4n) is 2.81. The highest BCUT2D eigenvalue weighted by Crippen LogP contribution is 2.36. The summed E-state index contributed by atoms with van der Waals surface area (Å²) in [7, 11) is -3.02. The topological polar surface area (TPSA) is 75.3 Å². The second-order valence-electron chi connectivity index (χ2n) is 5.59. The van der Waals surface area contributed by atoms with Crippen LogP contribution in [0.3, 0.4) is 0 Å². The van der Waals surface area contributed by atoms with Gasteiger partial charge in [0.05, 0.1) is 17.5 Å². The van der Waals surface area contributed by atoms with Crippen LogP contribution in [-0.2, 0) is 9.84 Å². The molecule has 1 fully saturated rings. The molecular weight excluding hydrogens is 327 g/mol. The Morgan fingerprint density at radius 1 is 1.27 bits per heavy atom. The molecule has 1 aromatic rings. The van der Waals surface area contributed by atoms with Gasteiger partial charge in [-0.3, -0.25) is 0 Å². The Bertz CT molecular complexity index is 693. The van der Waals surface area contributed by atoms with Crippen LogP contribution < -0.4 is 10.6 Å². The first kappa shape index (κ1) is 15.6. The third-order valence-electron chi connectivity index (χ3n) is 3.88. The number of carbonyl (C=O) groups excluding carboxylic acids is 1. The summed E-state index contributed by atoms with van der Waals surface area (Å²) < 4.78 is 36.2. The highest BCUT2D eigenvalue weighted by Gasteiger charge is 2.30. The van der Waals surface area contributed by atoms with Crippen molar-refractivity contribution < 1.29 is 17.6 Å².